The molecule has 1 aliphatic heterocycles. The van der Waals surface area contributed by atoms with Crippen molar-refractivity contribution in [2.75, 3.05) is 5.73 Å². The maximum absolute atomic E-state index is 10.0. The third-order valence-corrected chi connectivity index (χ3v) is 4.13. The zero-order valence-corrected chi connectivity index (χ0v) is 11.6. The van der Waals surface area contributed by atoms with Crippen LogP contribution in [-0.2, 0) is 12.8 Å². The molecule has 3 rings (SSSR count). The van der Waals surface area contributed by atoms with Gasteiger partial charge in [0.15, 0.2) is 5.82 Å². The summed E-state index contributed by atoms with van der Waals surface area (Å²) in [5.74, 6) is 1.48. The Labute approximate surface area is 112 Å². The molecule has 5 nitrogen and oxygen atoms in total. The Morgan fingerprint density at radius 2 is 2.21 bits per heavy atom. The molecular formula is C14H20N4O. The molecule has 2 aromatic heterocycles. The maximum atomic E-state index is 10.0. The molecule has 0 saturated heterocycles. The maximum Gasteiger partial charge on any atom is 0.151 e. The van der Waals surface area contributed by atoms with E-state index < -0.39 is 0 Å². The van der Waals surface area contributed by atoms with Crippen molar-refractivity contribution >= 4 is 16.9 Å². The van der Waals surface area contributed by atoms with Gasteiger partial charge in [0.25, 0.3) is 0 Å². The number of aromatic nitrogens is 3. The second-order valence-electron chi connectivity index (χ2n) is 5.36. The van der Waals surface area contributed by atoms with E-state index in [0.29, 0.717) is 5.82 Å². The van der Waals surface area contributed by atoms with Gasteiger partial charge in [0.2, 0.25) is 0 Å². The molecular weight excluding hydrogens is 240 g/mol. The Bertz CT molecular complexity index is 645. The van der Waals surface area contributed by atoms with Crippen LogP contribution in [0.1, 0.15) is 43.4 Å². The summed E-state index contributed by atoms with van der Waals surface area (Å²) in [6.07, 6.45) is 2.30. The third-order valence-electron chi connectivity index (χ3n) is 4.13. The van der Waals surface area contributed by atoms with Crippen molar-refractivity contribution in [1.29, 1.82) is 0 Å². The van der Waals surface area contributed by atoms with Crippen LogP contribution in [-0.4, -0.2) is 25.7 Å². The molecule has 0 amide bonds. The Morgan fingerprint density at radius 3 is 2.84 bits per heavy atom. The Hall–Kier alpha value is -1.62. The van der Waals surface area contributed by atoms with Crippen LogP contribution in [0.2, 0.25) is 0 Å². The van der Waals surface area contributed by atoms with E-state index >= 15 is 0 Å². The highest BCUT2D eigenvalue weighted by atomic mass is 16.3. The highest BCUT2D eigenvalue weighted by molar-refractivity contribution is 5.89. The quantitative estimate of drug-likeness (QED) is 0.862. The summed E-state index contributed by atoms with van der Waals surface area (Å²) in [5.41, 5.74) is 10.1. The topological polar surface area (TPSA) is 77.0 Å². The number of anilines is 1. The summed E-state index contributed by atoms with van der Waals surface area (Å²) in [7, 11) is 0. The number of hydrogen-bond acceptors (Lipinski definition) is 4. The smallest absolute Gasteiger partial charge is 0.151 e. The largest absolute Gasteiger partial charge is 0.391 e. The standard InChI is InChI=1S/C14H20N4O/c1-4-11-17-12-13-9(7(2)16-14(12)15)5-6-10(8(3)19)18(11)13/h8,10,19H,4-6H2,1-3H3,(H2,15,16). The molecule has 0 aliphatic carbocycles. The predicted molar refractivity (Wildman–Crippen MR) is 75.1 cm³/mol. The Balaban J connectivity index is 2.40. The lowest BCUT2D eigenvalue weighted by atomic mass is 9.95. The van der Waals surface area contributed by atoms with Crippen molar-refractivity contribution in [2.45, 2.75) is 52.2 Å². The van der Waals surface area contributed by atoms with Crippen LogP contribution in [0.4, 0.5) is 5.82 Å². The first-order chi connectivity index (χ1) is 9.04. The second-order valence-corrected chi connectivity index (χ2v) is 5.36. The number of nitrogens with two attached hydrogens (primary N) is 1. The Morgan fingerprint density at radius 1 is 1.47 bits per heavy atom. The van der Waals surface area contributed by atoms with E-state index in [1.54, 1.807) is 0 Å². The number of aliphatic hydroxyl groups excluding tert-OH is 1. The van der Waals surface area contributed by atoms with Gasteiger partial charge in [-0.1, -0.05) is 6.92 Å². The molecule has 0 aromatic carbocycles. The third kappa shape index (κ3) is 1.64. The van der Waals surface area contributed by atoms with E-state index in [1.165, 1.54) is 5.56 Å². The number of nitrogen functional groups attached to an aromatic ring is 1. The van der Waals surface area contributed by atoms with Gasteiger partial charge < -0.3 is 15.4 Å². The lowest BCUT2D eigenvalue weighted by Crippen LogP contribution is -2.27. The fourth-order valence-corrected chi connectivity index (χ4v) is 3.20. The van der Waals surface area contributed by atoms with E-state index in [1.807, 2.05) is 13.8 Å². The molecule has 3 heterocycles. The predicted octanol–water partition coefficient (Wildman–Crippen LogP) is 1.75. The van der Waals surface area contributed by atoms with Crippen LogP contribution in [0.3, 0.4) is 0 Å². The zero-order valence-electron chi connectivity index (χ0n) is 11.6. The van der Waals surface area contributed by atoms with Crippen molar-refractivity contribution in [3.63, 3.8) is 0 Å². The molecule has 3 N–H and O–H groups in total. The van der Waals surface area contributed by atoms with Crippen molar-refractivity contribution < 1.29 is 5.11 Å². The van der Waals surface area contributed by atoms with Gasteiger partial charge in [0.1, 0.15) is 11.3 Å². The number of aliphatic hydroxyl groups is 1. The van der Waals surface area contributed by atoms with Crippen molar-refractivity contribution in [1.82, 2.24) is 14.5 Å². The van der Waals surface area contributed by atoms with E-state index in [0.717, 1.165) is 41.8 Å². The van der Waals surface area contributed by atoms with Crippen LogP contribution in [0.15, 0.2) is 0 Å². The van der Waals surface area contributed by atoms with Gasteiger partial charge in [-0.2, -0.15) is 0 Å². The summed E-state index contributed by atoms with van der Waals surface area (Å²) in [5, 5.41) is 10.0. The number of aryl methyl sites for hydroxylation is 3. The highest BCUT2D eigenvalue weighted by Crippen LogP contribution is 2.37. The van der Waals surface area contributed by atoms with Gasteiger partial charge in [0.05, 0.1) is 17.7 Å². The number of imidazole rings is 1. The minimum absolute atomic E-state index is 0.0913. The van der Waals surface area contributed by atoms with E-state index in [9.17, 15) is 5.11 Å². The van der Waals surface area contributed by atoms with Crippen LogP contribution < -0.4 is 5.73 Å². The minimum atomic E-state index is -0.384. The van der Waals surface area contributed by atoms with Crippen LogP contribution in [0.5, 0.6) is 0 Å². The van der Waals surface area contributed by atoms with Crippen LogP contribution >= 0.6 is 0 Å². The molecule has 2 unspecified atom stereocenters. The van der Waals surface area contributed by atoms with Gasteiger partial charge >= 0.3 is 0 Å². The van der Waals surface area contributed by atoms with E-state index in [2.05, 4.69) is 21.5 Å². The first kappa shape index (κ1) is 12.4. The summed E-state index contributed by atoms with van der Waals surface area (Å²) in [6, 6.07) is 0.0913. The SMILES string of the molecule is CCc1nc2c(N)nc(C)c3c2n1C(C(C)O)CC3. The van der Waals surface area contributed by atoms with E-state index in [-0.39, 0.29) is 12.1 Å². The summed E-state index contributed by atoms with van der Waals surface area (Å²) in [6.45, 7) is 5.92. The highest BCUT2D eigenvalue weighted by Gasteiger charge is 2.30. The number of hydrogen-bond donors (Lipinski definition) is 2. The molecule has 19 heavy (non-hydrogen) atoms. The van der Waals surface area contributed by atoms with Crippen LogP contribution in [0.25, 0.3) is 11.0 Å². The van der Waals surface area contributed by atoms with Crippen molar-refractivity contribution in [3.8, 4) is 0 Å². The summed E-state index contributed by atoms with van der Waals surface area (Å²) >= 11 is 0. The number of pyridine rings is 1. The van der Waals surface area contributed by atoms with Gasteiger partial charge in [-0.25, -0.2) is 9.97 Å². The van der Waals surface area contributed by atoms with Gasteiger partial charge in [-0.15, -0.1) is 0 Å². The average molecular weight is 260 g/mol. The lowest BCUT2D eigenvalue weighted by Gasteiger charge is -2.29. The molecule has 0 bridgehead atoms. The number of nitrogens with zero attached hydrogens (tertiary/aromatic N) is 3. The molecule has 0 radical (unpaired) electrons. The van der Waals surface area contributed by atoms with Gasteiger partial charge in [0, 0.05) is 12.1 Å². The molecule has 5 heteroatoms. The van der Waals surface area contributed by atoms with Crippen molar-refractivity contribution in [3.05, 3.63) is 17.1 Å². The molecule has 0 fully saturated rings. The number of rotatable bonds is 2. The first-order valence-electron chi connectivity index (χ1n) is 6.88. The fraction of sp³-hybridized carbons (Fsp3) is 0.571. The zero-order chi connectivity index (χ0) is 13.7. The van der Waals surface area contributed by atoms with Crippen molar-refractivity contribution in [2.24, 2.45) is 0 Å². The fourth-order valence-electron chi connectivity index (χ4n) is 3.20. The average Bonchev–Trinajstić information content (AvgIpc) is 2.76. The van der Waals surface area contributed by atoms with Crippen LogP contribution in [0, 0.1) is 6.92 Å². The first-order valence-corrected chi connectivity index (χ1v) is 6.88. The molecule has 0 saturated carbocycles. The van der Waals surface area contributed by atoms with Gasteiger partial charge in [-0.3, -0.25) is 0 Å². The summed E-state index contributed by atoms with van der Waals surface area (Å²) in [4.78, 5) is 9.04. The summed E-state index contributed by atoms with van der Waals surface area (Å²) < 4.78 is 2.18. The molecule has 102 valence electrons. The second kappa shape index (κ2) is 4.20. The molecule has 1 aliphatic rings. The Kier molecular flexibility index (Phi) is 2.74. The van der Waals surface area contributed by atoms with Gasteiger partial charge in [-0.05, 0) is 32.3 Å². The lowest BCUT2D eigenvalue weighted by molar-refractivity contribution is 0.123. The minimum Gasteiger partial charge on any atom is -0.391 e. The van der Waals surface area contributed by atoms with E-state index in [4.69, 9.17) is 5.73 Å². The molecule has 2 atom stereocenters. The normalized spacial score (nSPS) is 19.9. The molecule has 2 aromatic rings. The monoisotopic (exact) mass is 260 g/mol. The molecule has 0 spiro atoms.